The molecule has 1 fully saturated rings. The predicted molar refractivity (Wildman–Crippen MR) is 134 cm³/mol. The number of fused-ring (bicyclic) bond motifs is 3. The number of pyridine rings is 1. The van der Waals surface area contributed by atoms with Crippen LogP contribution in [0.3, 0.4) is 0 Å². The van der Waals surface area contributed by atoms with Gasteiger partial charge in [0.2, 0.25) is 5.91 Å². The van der Waals surface area contributed by atoms with E-state index in [4.69, 9.17) is 4.42 Å². The summed E-state index contributed by atoms with van der Waals surface area (Å²) in [6, 6.07) is 24.1. The summed E-state index contributed by atoms with van der Waals surface area (Å²) < 4.78 is 7.64. The molecule has 0 radical (unpaired) electrons. The number of nitrogens with zero attached hydrogens (tertiary/aromatic N) is 3. The molecule has 1 saturated heterocycles. The molecule has 0 N–H and O–H groups in total. The number of amides is 2. The molecule has 5 aromatic rings. The number of aromatic nitrogens is 1. The molecule has 0 spiro atoms. The van der Waals surface area contributed by atoms with Crippen LogP contribution < -0.4 is 5.43 Å². The van der Waals surface area contributed by atoms with Gasteiger partial charge in [-0.05, 0) is 36.4 Å². The fraction of sp³-hybridized carbons (Fsp3) is 0.179. The van der Waals surface area contributed by atoms with Crippen molar-refractivity contribution < 1.29 is 14.0 Å². The lowest BCUT2D eigenvalue weighted by Crippen LogP contribution is -2.51. The summed E-state index contributed by atoms with van der Waals surface area (Å²) in [6.45, 7) is 1.89. The zero-order valence-corrected chi connectivity index (χ0v) is 19.0. The van der Waals surface area contributed by atoms with Crippen LogP contribution in [0.4, 0.5) is 0 Å². The average molecular weight is 466 g/mol. The molecule has 0 aliphatic carbocycles. The number of furan rings is 1. The highest BCUT2D eigenvalue weighted by molar-refractivity contribution is 5.97. The van der Waals surface area contributed by atoms with E-state index in [1.807, 2.05) is 65.2 Å². The van der Waals surface area contributed by atoms with Crippen molar-refractivity contribution in [2.75, 3.05) is 26.2 Å². The monoisotopic (exact) mass is 465 g/mol. The molecule has 7 nitrogen and oxygen atoms in total. The van der Waals surface area contributed by atoms with Crippen molar-refractivity contribution >= 4 is 44.6 Å². The zero-order chi connectivity index (χ0) is 23.9. The van der Waals surface area contributed by atoms with Gasteiger partial charge in [-0.2, -0.15) is 0 Å². The molecular weight excluding hydrogens is 442 g/mol. The van der Waals surface area contributed by atoms with Gasteiger partial charge in [-0.3, -0.25) is 14.4 Å². The third-order valence-corrected chi connectivity index (χ3v) is 6.73. The van der Waals surface area contributed by atoms with E-state index < -0.39 is 0 Å². The molecule has 0 atom stereocenters. The van der Waals surface area contributed by atoms with Crippen LogP contribution in [0.5, 0.6) is 0 Å². The molecule has 174 valence electrons. The van der Waals surface area contributed by atoms with Gasteiger partial charge in [-0.15, -0.1) is 0 Å². The van der Waals surface area contributed by atoms with Gasteiger partial charge in [0.25, 0.3) is 5.91 Å². The second-order valence-electron chi connectivity index (χ2n) is 8.77. The lowest BCUT2D eigenvalue weighted by atomic mass is 10.1. The Morgan fingerprint density at radius 2 is 1.31 bits per heavy atom. The minimum Gasteiger partial charge on any atom is -0.451 e. The number of benzene rings is 3. The van der Waals surface area contributed by atoms with E-state index in [9.17, 15) is 14.4 Å². The Bertz CT molecular complexity index is 1560. The zero-order valence-electron chi connectivity index (χ0n) is 19.0. The van der Waals surface area contributed by atoms with E-state index >= 15 is 0 Å². The number of carbonyl (C=O) groups is 2. The highest BCUT2D eigenvalue weighted by atomic mass is 16.3. The van der Waals surface area contributed by atoms with Gasteiger partial charge >= 0.3 is 0 Å². The van der Waals surface area contributed by atoms with Crippen molar-refractivity contribution in [3.8, 4) is 0 Å². The van der Waals surface area contributed by atoms with E-state index in [1.54, 1.807) is 28.0 Å². The summed E-state index contributed by atoms with van der Waals surface area (Å²) in [6.07, 6.45) is 0. The molecule has 1 aliphatic rings. The summed E-state index contributed by atoms with van der Waals surface area (Å²) in [4.78, 5) is 42.7. The Morgan fingerprint density at radius 3 is 1.97 bits per heavy atom. The number of piperazine rings is 1. The molecule has 2 amide bonds. The maximum absolute atomic E-state index is 13.3. The first-order valence-electron chi connectivity index (χ1n) is 11.7. The largest absolute Gasteiger partial charge is 0.451 e. The predicted octanol–water partition coefficient (Wildman–Crippen LogP) is 3.89. The Kier molecular flexibility index (Phi) is 5.10. The molecule has 0 bridgehead atoms. The molecule has 2 aromatic heterocycles. The van der Waals surface area contributed by atoms with E-state index in [1.165, 1.54) is 0 Å². The Morgan fingerprint density at radius 1 is 0.743 bits per heavy atom. The van der Waals surface area contributed by atoms with Gasteiger partial charge in [0.1, 0.15) is 12.1 Å². The first-order valence-corrected chi connectivity index (χ1v) is 11.7. The fourth-order valence-corrected chi connectivity index (χ4v) is 4.88. The van der Waals surface area contributed by atoms with Crippen molar-refractivity contribution in [3.05, 3.63) is 94.8 Å². The molecule has 0 saturated carbocycles. The Hall–Kier alpha value is -4.39. The summed E-state index contributed by atoms with van der Waals surface area (Å²) in [5, 5.41) is 2.09. The van der Waals surface area contributed by atoms with Crippen LogP contribution in [0.25, 0.3) is 32.8 Å². The fourth-order valence-electron chi connectivity index (χ4n) is 4.88. The highest BCUT2D eigenvalue weighted by Crippen LogP contribution is 2.22. The minimum absolute atomic E-state index is 0.0300. The summed E-state index contributed by atoms with van der Waals surface area (Å²) >= 11 is 0. The lowest BCUT2D eigenvalue weighted by Gasteiger charge is -2.34. The van der Waals surface area contributed by atoms with Gasteiger partial charge in [-0.25, -0.2) is 0 Å². The van der Waals surface area contributed by atoms with Gasteiger partial charge in [0.05, 0.1) is 11.0 Å². The van der Waals surface area contributed by atoms with Crippen molar-refractivity contribution in [3.63, 3.8) is 0 Å². The molecule has 6 rings (SSSR count). The SMILES string of the molecule is O=C(Cn1c2ccccc2c(=O)c2ccccc21)N1CCN(C(=O)c2cc3ccccc3o2)CC1. The van der Waals surface area contributed by atoms with Crippen molar-refractivity contribution in [1.82, 2.24) is 14.4 Å². The van der Waals surface area contributed by atoms with Gasteiger partial charge in [0.15, 0.2) is 11.2 Å². The summed E-state index contributed by atoms with van der Waals surface area (Å²) in [5.41, 5.74) is 2.13. The minimum atomic E-state index is -0.161. The van der Waals surface area contributed by atoms with Crippen LogP contribution in [0.2, 0.25) is 0 Å². The molecule has 1 aliphatic heterocycles. The van der Waals surface area contributed by atoms with Crippen LogP contribution in [0.1, 0.15) is 10.6 Å². The molecule has 3 heterocycles. The second kappa shape index (κ2) is 8.43. The smallest absolute Gasteiger partial charge is 0.289 e. The van der Waals surface area contributed by atoms with Crippen molar-refractivity contribution in [2.24, 2.45) is 0 Å². The third-order valence-electron chi connectivity index (χ3n) is 6.73. The van der Waals surface area contributed by atoms with Crippen LogP contribution in [0, 0.1) is 0 Å². The van der Waals surface area contributed by atoms with Crippen LogP contribution in [-0.4, -0.2) is 52.4 Å². The normalized spacial score (nSPS) is 14.2. The topological polar surface area (TPSA) is 75.8 Å². The molecule has 0 unspecified atom stereocenters. The van der Waals surface area contributed by atoms with Crippen molar-refractivity contribution in [1.29, 1.82) is 0 Å². The Labute approximate surface area is 200 Å². The first-order chi connectivity index (χ1) is 17.1. The third kappa shape index (κ3) is 3.65. The van der Waals surface area contributed by atoms with E-state index in [2.05, 4.69) is 0 Å². The molecule has 35 heavy (non-hydrogen) atoms. The number of hydrogen-bond donors (Lipinski definition) is 0. The first kappa shape index (κ1) is 21.2. The van der Waals surface area contributed by atoms with Gasteiger partial charge in [-0.1, -0.05) is 42.5 Å². The average Bonchev–Trinajstić information content (AvgIpc) is 3.35. The van der Waals surface area contributed by atoms with E-state index in [0.717, 1.165) is 16.4 Å². The van der Waals surface area contributed by atoms with Gasteiger partial charge in [0, 0.05) is 42.3 Å². The van der Waals surface area contributed by atoms with E-state index in [-0.39, 0.29) is 23.8 Å². The maximum atomic E-state index is 13.3. The Balaban J connectivity index is 1.21. The number of hydrogen-bond acceptors (Lipinski definition) is 4. The van der Waals surface area contributed by atoms with Crippen LogP contribution in [-0.2, 0) is 11.3 Å². The molecule has 7 heteroatoms. The number of rotatable bonds is 3. The second-order valence-corrected chi connectivity index (χ2v) is 8.77. The number of carbonyl (C=O) groups excluding carboxylic acids is 2. The summed E-state index contributed by atoms with van der Waals surface area (Å²) in [7, 11) is 0. The quantitative estimate of drug-likeness (QED) is 0.379. The lowest BCUT2D eigenvalue weighted by molar-refractivity contribution is -0.133. The maximum Gasteiger partial charge on any atom is 0.289 e. The van der Waals surface area contributed by atoms with Crippen molar-refractivity contribution in [2.45, 2.75) is 6.54 Å². The van der Waals surface area contributed by atoms with Gasteiger partial charge < -0.3 is 18.8 Å². The van der Waals surface area contributed by atoms with Crippen LogP contribution in [0.15, 0.2) is 88.1 Å². The molecule has 3 aromatic carbocycles. The standard InChI is InChI=1S/C28H23N3O4/c32-26(18-31-22-10-4-2-8-20(22)27(33)21-9-3-5-11-23(21)31)29-13-15-30(16-14-29)28(34)25-17-19-7-1-6-12-24(19)35-25/h1-12,17H,13-16,18H2. The highest BCUT2D eigenvalue weighted by Gasteiger charge is 2.27. The van der Waals surface area contributed by atoms with E-state index in [0.29, 0.717) is 48.3 Å². The molecular formula is C28H23N3O4. The summed E-state index contributed by atoms with van der Waals surface area (Å²) in [5.74, 6) is 0.114. The van der Waals surface area contributed by atoms with Crippen LogP contribution >= 0.6 is 0 Å². The number of para-hydroxylation sites is 3.